The minimum absolute atomic E-state index is 0.289. The average Bonchev–Trinajstić information content (AvgIpc) is 2.20. The molecule has 0 saturated carbocycles. The molecule has 0 amide bonds. The van der Waals surface area contributed by atoms with Crippen molar-refractivity contribution in [2.24, 2.45) is 11.8 Å². The van der Waals surface area contributed by atoms with Crippen molar-refractivity contribution < 1.29 is 5.11 Å². The molecule has 1 aliphatic heterocycles. The summed E-state index contributed by atoms with van der Waals surface area (Å²) in [5.74, 6) is 1.30. The van der Waals surface area contributed by atoms with Gasteiger partial charge in [0.1, 0.15) is 0 Å². The molecule has 1 aliphatic rings. The van der Waals surface area contributed by atoms with Crippen molar-refractivity contribution >= 4 is 0 Å². The fraction of sp³-hybridized carbons (Fsp3) is 1.00. The number of aliphatic hydroxyl groups is 1. The summed E-state index contributed by atoms with van der Waals surface area (Å²) in [4.78, 5) is 2.40. The SMILES string of the molecule is CC(C)C(CCO)NC1CCN(C)CC1C. The highest BCUT2D eigenvalue weighted by molar-refractivity contribution is 4.85. The van der Waals surface area contributed by atoms with Gasteiger partial charge in [-0.15, -0.1) is 0 Å². The van der Waals surface area contributed by atoms with Crippen LogP contribution in [0.3, 0.4) is 0 Å². The average molecular weight is 228 g/mol. The molecular weight excluding hydrogens is 200 g/mol. The summed E-state index contributed by atoms with van der Waals surface area (Å²) in [7, 11) is 2.19. The highest BCUT2D eigenvalue weighted by atomic mass is 16.3. The molecule has 96 valence electrons. The zero-order valence-corrected chi connectivity index (χ0v) is 11.2. The first kappa shape index (κ1) is 13.9. The maximum atomic E-state index is 9.07. The second-order valence-electron chi connectivity index (χ2n) is 5.66. The first-order chi connectivity index (χ1) is 7.54. The fourth-order valence-corrected chi connectivity index (χ4v) is 2.62. The van der Waals surface area contributed by atoms with E-state index in [1.54, 1.807) is 0 Å². The molecule has 0 aliphatic carbocycles. The molecule has 0 radical (unpaired) electrons. The van der Waals surface area contributed by atoms with Crippen molar-refractivity contribution in [3.05, 3.63) is 0 Å². The first-order valence-corrected chi connectivity index (χ1v) is 6.60. The van der Waals surface area contributed by atoms with Gasteiger partial charge < -0.3 is 15.3 Å². The minimum Gasteiger partial charge on any atom is -0.396 e. The van der Waals surface area contributed by atoms with Gasteiger partial charge in [-0.05, 0) is 38.3 Å². The summed E-state index contributed by atoms with van der Waals surface area (Å²) >= 11 is 0. The maximum absolute atomic E-state index is 9.07. The molecule has 0 bridgehead atoms. The summed E-state index contributed by atoms with van der Waals surface area (Å²) in [6, 6.07) is 1.08. The van der Waals surface area contributed by atoms with Gasteiger partial charge in [-0.3, -0.25) is 0 Å². The standard InChI is InChI=1S/C13H28N2O/c1-10(2)12(6-8-16)14-13-5-7-15(4)9-11(13)3/h10-14,16H,5-9H2,1-4H3. The number of likely N-dealkylation sites (tertiary alicyclic amines) is 1. The number of rotatable bonds is 5. The number of piperidine rings is 1. The maximum Gasteiger partial charge on any atom is 0.0445 e. The molecule has 3 atom stereocenters. The number of nitrogens with zero attached hydrogens (tertiary/aromatic N) is 1. The summed E-state index contributed by atoms with van der Waals surface area (Å²) in [6.07, 6.45) is 2.10. The lowest BCUT2D eigenvalue weighted by Crippen LogP contribution is -2.51. The third-order valence-corrected chi connectivity index (χ3v) is 3.78. The van der Waals surface area contributed by atoms with Crippen molar-refractivity contribution in [3.8, 4) is 0 Å². The molecule has 0 spiro atoms. The van der Waals surface area contributed by atoms with Crippen LogP contribution in [-0.2, 0) is 0 Å². The summed E-state index contributed by atoms with van der Waals surface area (Å²) < 4.78 is 0. The van der Waals surface area contributed by atoms with Crippen LogP contribution in [0.4, 0.5) is 0 Å². The van der Waals surface area contributed by atoms with E-state index in [0.29, 0.717) is 23.9 Å². The Kier molecular flexibility index (Phi) is 5.73. The normalized spacial score (nSPS) is 29.6. The molecule has 3 nitrogen and oxygen atoms in total. The molecule has 1 heterocycles. The smallest absolute Gasteiger partial charge is 0.0445 e. The van der Waals surface area contributed by atoms with Crippen molar-refractivity contribution in [1.82, 2.24) is 10.2 Å². The van der Waals surface area contributed by atoms with Crippen molar-refractivity contribution in [2.75, 3.05) is 26.7 Å². The monoisotopic (exact) mass is 228 g/mol. The predicted octanol–water partition coefficient (Wildman–Crippen LogP) is 1.32. The van der Waals surface area contributed by atoms with Gasteiger partial charge in [0.2, 0.25) is 0 Å². The van der Waals surface area contributed by atoms with E-state index in [-0.39, 0.29) is 6.61 Å². The van der Waals surface area contributed by atoms with E-state index in [2.05, 4.69) is 38.0 Å². The molecule has 0 aromatic rings. The Morgan fingerprint density at radius 2 is 2.12 bits per heavy atom. The van der Waals surface area contributed by atoms with E-state index in [9.17, 15) is 0 Å². The van der Waals surface area contributed by atoms with Crippen molar-refractivity contribution in [3.63, 3.8) is 0 Å². The lowest BCUT2D eigenvalue weighted by Gasteiger charge is -2.38. The van der Waals surface area contributed by atoms with E-state index in [1.165, 1.54) is 19.5 Å². The van der Waals surface area contributed by atoms with Crippen LogP contribution in [-0.4, -0.2) is 48.8 Å². The zero-order valence-electron chi connectivity index (χ0n) is 11.2. The van der Waals surface area contributed by atoms with Crippen LogP contribution in [0.25, 0.3) is 0 Å². The Morgan fingerprint density at radius 1 is 1.44 bits per heavy atom. The van der Waals surface area contributed by atoms with Crippen LogP contribution in [0.5, 0.6) is 0 Å². The van der Waals surface area contributed by atoms with Crippen molar-refractivity contribution in [1.29, 1.82) is 0 Å². The van der Waals surface area contributed by atoms with Crippen molar-refractivity contribution in [2.45, 2.75) is 45.7 Å². The topological polar surface area (TPSA) is 35.5 Å². The van der Waals surface area contributed by atoms with E-state index in [1.807, 2.05) is 0 Å². The lowest BCUT2D eigenvalue weighted by atomic mass is 9.91. The molecular formula is C13H28N2O. The number of aliphatic hydroxyl groups excluding tert-OH is 1. The Morgan fingerprint density at radius 3 is 2.62 bits per heavy atom. The molecule has 3 heteroatoms. The third kappa shape index (κ3) is 4.04. The number of hydrogen-bond donors (Lipinski definition) is 2. The van der Waals surface area contributed by atoms with Gasteiger partial charge in [0.05, 0.1) is 0 Å². The summed E-state index contributed by atoms with van der Waals surface area (Å²) in [6.45, 7) is 9.44. The second kappa shape index (κ2) is 6.58. The number of hydrogen-bond acceptors (Lipinski definition) is 3. The van der Waals surface area contributed by atoms with Crippen LogP contribution in [0.2, 0.25) is 0 Å². The van der Waals surface area contributed by atoms with Crippen LogP contribution in [0, 0.1) is 11.8 Å². The van der Waals surface area contributed by atoms with Crippen LogP contribution in [0.15, 0.2) is 0 Å². The van der Waals surface area contributed by atoms with Gasteiger partial charge in [0.15, 0.2) is 0 Å². The van der Waals surface area contributed by atoms with Crippen LogP contribution < -0.4 is 5.32 Å². The first-order valence-electron chi connectivity index (χ1n) is 6.60. The van der Waals surface area contributed by atoms with Gasteiger partial charge in [-0.25, -0.2) is 0 Å². The third-order valence-electron chi connectivity index (χ3n) is 3.78. The molecule has 1 fully saturated rings. The van der Waals surface area contributed by atoms with E-state index >= 15 is 0 Å². The Balaban J connectivity index is 2.44. The zero-order chi connectivity index (χ0) is 12.1. The molecule has 2 N–H and O–H groups in total. The van der Waals surface area contributed by atoms with Gasteiger partial charge in [0, 0.05) is 25.2 Å². The minimum atomic E-state index is 0.289. The molecule has 1 saturated heterocycles. The van der Waals surface area contributed by atoms with E-state index < -0.39 is 0 Å². The number of nitrogens with one attached hydrogen (secondary N) is 1. The Hall–Kier alpha value is -0.120. The molecule has 0 aromatic heterocycles. The second-order valence-corrected chi connectivity index (χ2v) is 5.66. The molecule has 3 unspecified atom stereocenters. The largest absolute Gasteiger partial charge is 0.396 e. The summed E-state index contributed by atoms with van der Waals surface area (Å²) in [5.41, 5.74) is 0. The molecule has 16 heavy (non-hydrogen) atoms. The Labute approximate surface area is 100 Å². The van der Waals surface area contributed by atoms with Gasteiger partial charge in [-0.1, -0.05) is 20.8 Å². The van der Waals surface area contributed by atoms with Gasteiger partial charge in [0.25, 0.3) is 0 Å². The lowest BCUT2D eigenvalue weighted by molar-refractivity contribution is 0.149. The molecule has 0 aromatic carbocycles. The highest BCUT2D eigenvalue weighted by Crippen LogP contribution is 2.18. The van der Waals surface area contributed by atoms with Crippen LogP contribution >= 0.6 is 0 Å². The fourth-order valence-electron chi connectivity index (χ4n) is 2.62. The van der Waals surface area contributed by atoms with Crippen LogP contribution in [0.1, 0.15) is 33.6 Å². The van der Waals surface area contributed by atoms with Gasteiger partial charge >= 0.3 is 0 Å². The van der Waals surface area contributed by atoms with E-state index in [4.69, 9.17) is 5.11 Å². The quantitative estimate of drug-likeness (QED) is 0.745. The Bertz CT molecular complexity index is 196. The predicted molar refractivity (Wildman–Crippen MR) is 68.5 cm³/mol. The molecule has 1 rings (SSSR count). The van der Waals surface area contributed by atoms with E-state index in [0.717, 1.165) is 6.42 Å². The highest BCUT2D eigenvalue weighted by Gasteiger charge is 2.26. The van der Waals surface area contributed by atoms with Gasteiger partial charge in [-0.2, -0.15) is 0 Å². The summed E-state index contributed by atoms with van der Waals surface area (Å²) in [5, 5.41) is 12.8.